The molecule has 0 aliphatic heterocycles. The lowest BCUT2D eigenvalue weighted by Crippen LogP contribution is -2.16. The summed E-state index contributed by atoms with van der Waals surface area (Å²) in [5.74, 6) is 0.738. The number of rotatable bonds is 6. The molecule has 2 rings (SSSR count). The predicted molar refractivity (Wildman–Crippen MR) is 75.1 cm³/mol. The average Bonchev–Trinajstić information content (AvgIpc) is 2.94. The van der Waals surface area contributed by atoms with E-state index in [1.54, 1.807) is 0 Å². The first-order chi connectivity index (χ1) is 9.71. The van der Waals surface area contributed by atoms with E-state index in [2.05, 4.69) is 26.5 Å². The first kappa shape index (κ1) is 14.6. The van der Waals surface area contributed by atoms with Crippen LogP contribution in [0.15, 0.2) is 6.20 Å². The molecule has 1 unspecified atom stereocenters. The summed E-state index contributed by atoms with van der Waals surface area (Å²) in [6, 6.07) is -0.454. The van der Waals surface area contributed by atoms with Crippen LogP contribution in [0, 0.1) is 0 Å². The fraction of sp³-hybridized carbons (Fsp3) is 0.500. The van der Waals surface area contributed by atoms with Crippen molar-refractivity contribution in [1.82, 2.24) is 19.6 Å². The monoisotopic (exact) mass is 295 g/mol. The standard InChI is InChI=1S/C12H17N5O2S/c1-4-5-7-11(20-17-16-7)9(13)10-12(19-3)15-8(18-2)6-14-10/h6,9H,4-5,13H2,1-3H3. The lowest BCUT2D eigenvalue weighted by atomic mass is 10.1. The van der Waals surface area contributed by atoms with Crippen LogP contribution in [-0.4, -0.2) is 33.8 Å². The summed E-state index contributed by atoms with van der Waals surface area (Å²) in [5, 5.41) is 4.12. The third-order valence-corrected chi connectivity index (χ3v) is 3.65. The Hall–Kier alpha value is -1.80. The highest BCUT2D eigenvalue weighted by Gasteiger charge is 2.23. The number of nitrogens with two attached hydrogens (primary N) is 1. The van der Waals surface area contributed by atoms with Crippen LogP contribution in [0.1, 0.15) is 35.7 Å². The maximum Gasteiger partial charge on any atom is 0.240 e. The van der Waals surface area contributed by atoms with Gasteiger partial charge in [-0.1, -0.05) is 17.8 Å². The van der Waals surface area contributed by atoms with Crippen molar-refractivity contribution in [1.29, 1.82) is 0 Å². The van der Waals surface area contributed by atoms with Crippen LogP contribution in [-0.2, 0) is 6.42 Å². The van der Waals surface area contributed by atoms with E-state index < -0.39 is 6.04 Å². The molecule has 2 aromatic rings. The Bertz CT molecular complexity index is 575. The molecular formula is C12H17N5O2S. The van der Waals surface area contributed by atoms with Crippen LogP contribution >= 0.6 is 11.5 Å². The summed E-state index contributed by atoms with van der Waals surface area (Å²) in [6.07, 6.45) is 3.34. The third kappa shape index (κ3) is 2.86. The largest absolute Gasteiger partial charge is 0.480 e. The summed E-state index contributed by atoms with van der Waals surface area (Å²) in [7, 11) is 3.05. The highest BCUT2D eigenvalue weighted by molar-refractivity contribution is 7.05. The van der Waals surface area contributed by atoms with Gasteiger partial charge in [-0.3, -0.25) is 0 Å². The molecule has 7 nitrogen and oxygen atoms in total. The van der Waals surface area contributed by atoms with Crippen LogP contribution in [0.2, 0.25) is 0 Å². The van der Waals surface area contributed by atoms with E-state index in [9.17, 15) is 0 Å². The van der Waals surface area contributed by atoms with E-state index in [0.717, 1.165) is 23.4 Å². The SMILES string of the molecule is CCCc1nnsc1C(N)c1ncc(OC)nc1OC. The van der Waals surface area contributed by atoms with Crippen LogP contribution in [0.25, 0.3) is 0 Å². The van der Waals surface area contributed by atoms with Gasteiger partial charge in [-0.05, 0) is 18.0 Å². The van der Waals surface area contributed by atoms with E-state index in [1.165, 1.54) is 31.9 Å². The van der Waals surface area contributed by atoms with Crippen LogP contribution in [0.3, 0.4) is 0 Å². The van der Waals surface area contributed by atoms with Gasteiger partial charge in [0, 0.05) is 0 Å². The number of aryl methyl sites for hydroxylation is 1. The summed E-state index contributed by atoms with van der Waals surface area (Å²) >= 11 is 1.28. The fourth-order valence-electron chi connectivity index (χ4n) is 1.81. The van der Waals surface area contributed by atoms with Crippen molar-refractivity contribution < 1.29 is 9.47 Å². The third-order valence-electron chi connectivity index (χ3n) is 2.80. The summed E-state index contributed by atoms with van der Waals surface area (Å²) in [5.41, 5.74) is 7.73. The van der Waals surface area contributed by atoms with Gasteiger partial charge in [-0.2, -0.15) is 4.98 Å². The number of nitrogens with zero attached hydrogens (tertiary/aromatic N) is 4. The zero-order valence-electron chi connectivity index (χ0n) is 11.7. The molecule has 8 heteroatoms. The Labute approximate surface area is 121 Å². The molecule has 0 spiro atoms. The first-order valence-electron chi connectivity index (χ1n) is 6.22. The van der Waals surface area contributed by atoms with Crippen LogP contribution in [0.4, 0.5) is 0 Å². The molecule has 0 radical (unpaired) electrons. The molecule has 0 aliphatic rings. The van der Waals surface area contributed by atoms with Gasteiger partial charge >= 0.3 is 0 Å². The fourth-order valence-corrected chi connectivity index (χ4v) is 2.52. The van der Waals surface area contributed by atoms with Crippen LogP contribution < -0.4 is 15.2 Å². The minimum absolute atomic E-state index is 0.354. The van der Waals surface area contributed by atoms with E-state index in [0.29, 0.717) is 17.5 Å². The molecule has 0 aromatic carbocycles. The molecule has 0 saturated carbocycles. The zero-order valence-corrected chi connectivity index (χ0v) is 12.5. The summed E-state index contributed by atoms with van der Waals surface area (Å²) in [4.78, 5) is 9.38. The Morgan fingerprint density at radius 2 is 2.15 bits per heavy atom. The van der Waals surface area contributed by atoms with E-state index in [1.807, 2.05) is 0 Å². The van der Waals surface area contributed by atoms with Gasteiger partial charge in [0.1, 0.15) is 5.69 Å². The average molecular weight is 295 g/mol. The van der Waals surface area contributed by atoms with Crippen molar-refractivity contribution >= 4 is 11.5 Å². The molecule has 0 fully saturated rings. The predicted octanol–water partition coefficient (Wildman–Crippen LogP) is 1.35. The maximum atomic E-state index is 6.27. The van der Waals surface area contributed by atoms with Crippen molar-refractivity contribution in [3.8, 4) is 11.8 Å². The Balaban J connectivity index is 2.37. The Kier molecular flexibility index (Phi) is 4.80. The molecule has 108 valence electrons. The van der Waals surface area contributed by atoms with Crippen LogP contribution in [0.5, 0.6) is 11.8 Å². The van der Waals surface area contributed by atoms with Gasteiger partial charge < -0.3 is 15.2 Å². The number of hydrogen-bond donors (Lipinski definition) is 1. The van der Waals surface area contributed by atoms with E-state index in [-0.39, 0.29) is 0 Å². The van der Waals surface area contributed by atoms with Crippen molar-refractivity contribution in [3.05, 3.63) is 22.5 Å². The van der Waals surface area contributed by atoms with Crippen molar-refractivity contribution in [2.75, 3.05) is 14.2 Å². The van der Waals surface area contributed by atoms with Gasteiger partial charge in [-0.25, -0.2) is 4.98 Å². The first-order valence-corrected chi connectivity index (χ1v) is 7.00. The number of ether oxygens (including phenoxy) is 2. The van der Waals surface area contributed by atoms with Crippen molar-refractivity contribution in [2.24, 2.45) is 5.73 Å². The number of methoxy groups -OCH3 is 2. The zero-order chi connectivity index (χ0) is 14.5. The molecule has 20 heavy (non-hydrogen) atoms. The Morgan fingerprint density at radius 3 is 2.80 bits per heavy atom. The van der Waals surface area contributed by atoms with Gasteiger partial charge in [0.25, 0.3) is 0 Å². The molecule has 0 amide bonds. The molecule has 1 atom stereocenters. The minimum atomic E-state index is -0.454. The molecule has 2 aromatic heterocycles. The summed E-state index contributed by atoms with van der Waals surface area (Å²) in [6.45, 7) is 2.09. The highest BCUT2D eigenvalue weighted by Crippen LogP contribution is 2.30. The second-order valence-corrected chi connectivity index (χ2v) is 4.90. The molecular weight excluding hydrogens is 278 g/mol. The second kappa shape index (κ2) is 6.58. The number of aromatic nitrogens is 4. The molecule has 0 saturated heterocycles. The number of hydrogen-bond acceptors (Lipinski definition) is 8. The summed E-state index contributed by atoms with van der Waals surface area (Å²) < 4.78 is 14.2. The topological polar surface area (TPSA) is 96.0 Å². The molecule has 0 bridgehead atoms. The normalized spacial score (nSPS) is 12.2. The molecule has 0 aliphatic carbocycles. The molecule has 2 N–H and O–H groups in total. The smallest absolute Gasteiger partial charge is 0.240 e. The van der Waals surface area contributed by atoms with Gasteiger partial charge in [0.2, 0.25) is 11.8 Å². The highest BCUT2D eigenvalue weighted by atomic mass is 32.1. The Morgan fingerprint density at radius 1 is 1.35 bits per heavy atom. The lowest BCUT2D eigenvalue weighted by molar-refractivity contribution is 0.355. The minimum Gasteiger partial charge on any atom is -0.480 e. The maximum absolute atomic E-state index is 6.27. The molecule has 2 heterocycles. The quantitative estimate of drug-likeness (QED) is 0.859. The van der Waals surface area contributed by atoms with Gasteiger partial charge in [-0.15, -0.1) is 5.10 Å². The second-order valence-electron chi connectivity index (χ2n) is 4.12. The van der Waals surface area contributed by atoms with E-state index in [4.69, 9.17) is 15.2 Å². The van der Waals surface area contributed by atoms with Gasteiger partial charge in [0.05, 0.1) is 37.0 Å². The lowest BCUT2D eigenvalue weighted by Gasteiger charge is -2.13. The van der Waals surface area contributed by atoms with Crippen molar-refractivity contribution in [3.63, 3.8) is 0 Å². The van der Waals surface area contributed by atoms with Gasteiger partial charge in [0.15, 0.2) is 0 Å². The van der Waals surface area contributed by atoms with Crippen molar-refractivity contribution in [2.45, 2.75) is 25.8 Å². The van der Waals surface area contributed by atoms with E-state index >= 15 is 0 Å².